The maximum absolute atomic E-state index is 12.4. The number of nitrogens with zero attached hydrogens (tertiary/aromatic N) is 3. The molecular weight excluding hydrogens is 472 g/mol. The Kier molecular flexibility index (Phi) is 6.58. The minimum absolute atomic E-state index is 0.0210. The highest BCUT2D eigenvalue weighted by Crippen LogP contribution is 2.21. The third-order valence-corrected chi connectivity index (χ3v) is 6.70. The number of rotatable bonds is 8. The van der Waals surface area contributed by atoms with E-state index in [0.717, 1.165) is 16.2 Å². The Hall–Kier alpha value is -3.15. The molecule has 2 heterocycles. The number of nitrogens with one attached hydrogen (secondary N) is 3. The summed E-state index contributed by atoms with van der Waals surface area (Å²) in [6.07, 6.45) is 0.276. The average Bonchev–Trinajstić information content (AvgIpc) is 3.18. The Morgan fingerprint density at radius 3 is 2.53 bits per heavy atom. The summed E-state index contributed by atoms with van der Waals surface area (Å²) >= 11 is 7.11. The van der Waals surface area contributed by atoms with E-state index in [1.807, 2.05) is 24.3 Å². The minimum Gasteiger partial charge on any atom is -0.333 e. The van der Waals surface area contributed by atoms with Gasteiger partial charge in [0.2, 0.25) is 5.91 Å². The van der Waals surface area contributed by atoms with Crippen molar-refractivity contribution < 1.29 is 13.2 Å². The zero-order valence-electron chi connectivity index (χ0n) is 16.4. The summed E-state index contributed by atoms with van der Waals surface area (Å²) in [5.74, 6) is 0.414. The normalized spacial score (nSPS) is 11.4. The maximum Gasteiger partial charge on any atom is 0.263 e. The number of carbonyl (C=O) groups is 1. The highest BCUT2D eigenvalue weighted by atomic mass is 35.5. The predicted molar refractivity (Wildman–Crippen MR) is 124 cm³/mol. The molecule has 3 N–H and O–H groups in total. The number of thioether (sulfide) groups is 1. The van der Waals surface area contributed by atoms with Crippen LogP contribution in [0.3, 0.4) is 0 Å². The number of fused-ring (bicyclic) bond motifs is 1. The van der Waals surface area contributed by atoms with E-state index in [2.05, 4.69) is 30.2 Å². The van der Waals surface area contributed by atoms with Crippen molar-refractivity contribution in [1.82, 2.24) is 20.2 Å². The van der Waals surface area contributed by atoms with E-state index >= 15 is 0 Å². The van der Waals surface area contributed by atoms with E-state index in [4.69, 9.17) is 11.6 Å². The summed E-state index contributed by atoms with van der Waals surface area (Å²) in [4.78, 5) is 19.9. The predicted octanol–water partition coefficient (Wildman–Crippen LogP) is 3.93. The number of hydrogen-bond acceptors (Lipinski definition) is 7. The molecule has 164 valence electrons. The van der Waals surface area contributed by atoms with Gasteiger partial charge in [0.15, 0.2) is 16.1 Å². The summed E-state index contributed by atoms with van der Waals surface area (Å²) in [5, 5.41) is 10.9. The first-order valence-corrected chi connectivity index (χ1v) is 12.2. The second kappa shape index (κ2) is 9.55. The van der Waals surface area contributed by atoms with Gasteiger partial charge in [-0.1, -0.05) is 35.5 Å². The molecule has 1 amide bonds. The number of aromatic nitrogens is 4. The zero-order valence-corrected chi connectivity index (χ0v) is 18.8. The lowest BCUT2D eigenvalue weighted by Gasteiger charge is -2.08. The Bertz CT molecular complexity index is 1310. The molecule has 0 atom stereocenters. The standard InChI is InChI=1S/C20H17ClN6O3S2/c21-17-9-10-18(26-25-17)27-32(29,30)14-7-5-13(6-8-14)22-19(28)11-12-31-20-23-15-3-1-2-4-16(15)24-20/h1-10H,11-12H2,(H,22,28)(H,23,24)(H,26,27). The largest absolute Gasteiger partial charge is 0.333 e. The summed E-state index contributed by atoms with van der Waals surface area (Å²) in [5.41, 5.74) is 2.33. The number of para-hydroxylation sites is 2. The van der Waals surface area contributed by atoms with Gasteiger partial charge in [0.1, 0.15) is 0 Å². The Morgan fingerprint density at radius 1 is 1.03 bits per heavy atom. The van der Waals surface area contributed by atoms with Gasteiger partial charge in [-0.25, -0.2) is 13.4 Å². The van der Waals surface area contributed by atoms with Crippen LogP contribution in [0.5, 0.6) is 0 Å². The van der Waals surface area contributed by atoms with Gasteiger partial charge in [-0.2, -0.15) is 0 Å². The summed E-state index contributed by atoms with van der Waals surface area (Å²) < 4.78 is 27.2. The molecule has 0 aliphatic heterocycles. The second-order valence-corrected chi connectivity index (χ2v) is 9.73. The molecule has 2 aromatic carbocycles. The molecule has 0 aliphatic carbocycles. The van der Waals surface area contributed by atoms with E-state index in [1.54, 1.807) is 0 Å². The molecule has 2 aromatic heterocycles. The second-order valence-electron chi connectivity index (χ2n) is 6.58. The van der Waals surface area contributed by atoms with Crippen LogP contribution in [0.1, 0.15) is 6.42 Å². The lowest BCUT2D eigenvalue weighted by atomic mass is 10.3. The number of anilines is 2. The number of benzene rings is 2. The van der Waals surface area contributed by atoms with Crippen molar-refractivity contribution in [2.75, 3.05) is 15.8 Å². The number of hydrogen-bond donors (Lipinski definition) is 3. The van der Waals surface area contributed by atoms with Crippen molar-refractivity contribution >= 4 is 61.8 Å². The van der Waals surface area contributed by atoms with Crippen LogP contribution < -0.4 is 10.0 Å². The summed E-state index contributed by atoms with van der Waals surface area (Å²) in [7, 11) is -3.85. The fraction of sp³-hybridized carbons (Fsp3) is 0.100. The fourth-order valence-corrected chi connectivity index (χ4v) is 4.67. The molecule has 0 aliphatic rings. The minimum atomic E-state index is -3.85. The first kappa shape index (κ1) is 22.1. The van der Waals surface area contributed by atoms with Crippen LogP contribution >= 0.6 is 23.4 Å². The number of aromatic amines is 1. The van der Waals surface area contributed by atoms with Crippen molar-refractivity contribution in [2.45, 2.75) is 16.5 Å². The summed E-state index contributed by atoms with van der Waals surface area (Å²) in [6.45, 7) is 0. The smallest absolute Gasteiger partial charge is 0.263 e. The summed E-state index contributed by atoms with van der Waals surface area (Å²) in [6, 6.07) is 16.4. The lowest BCUT2D eigenvalue weighted by Crippen LogP contribution is -2.15. The van der Waals surface area contributed by atoms with Gasteiger partial charge < -0.3 is 10.3 Å². The number of H-pyrrole nitrogens is 1. The molecule has 0 spiro atoms. The molecule has 4 rings (SSSR count). The van der Waals surface area contributed by atoms with E-state index in [0.29, 0.717) is 11.4 Å². The number of halogens is 1. The van der Waals surface area contributed by atoms with Crippen LogP contribution in [-0.4, -0.2) is 40.2 Å². The van der Waals surface area contributed by atoms with Gasteiger partial charge in [0, 0.05) is 17.9 Å². The van der Waals surface area contributed by atoms with Crippen LogP contribution in [0.2, 0.25) is 5.15 Å². The lowest BCUT2D eigenvalue weighted by molar-refractivity contribution is -0.115. The molecule has 0 radical (unpaired) electrons. The Labute approximate surface area is 193 Å². The van der Waals surface area contributed by atoms with Crippen LogP contribution in [0.25, 0.3) is 11.0 Å². The first-order chi connectivity index (χ1) is 15.4. The van der Waals surface area contributed by atoms with Crippen LogP contribution in [0.4, 0.5) is 11.5 Å². The average molecular weight is 489 g/mol. The zero-order chi connectivity index (χ0) is 22.6. The van der Waals surface area contributed by atoms with E-state index in [-0.39, 0.29) is 28.2 Å². The van der Waals surface area contributed by atoms with Gasteiger partial charge in [0.05, 0.1) is 15.9 Å². The number of amides is 1. The molecule has 32 heavy (non-hydrogen) atoms. The van der Waals surface area contributed by atoms with Crippen LogP contribution in [-0.2, 0) is 14.8 Å². The fourth-order valence-electron chi connectivity index (χ4n) is 2.75. The molecule has 0 saturated carbocycles. The van der Waals surface area contributed by atoms with Gasteiger partial charge in [0.25, 0.3) is 10.0 Å². The topological polar surface area (TPSA) is 130 Å². The molecule has 0 fully saturated rings. The Balaban J connectivity index is 1.29. The number of imidazole rings is 1. The molecule has 0 unspecified atom stereocenters. The first-order valence-electron chi connectivity index (χ1n) is 9.38. The molecule has 0 saturated heterocycles. The third-order valence-electron chi connectivity index (χ3n) is 4.25. The molecule has 0 bridgehead atoms. The van der Waals surface area contributed by atoms with E-state index < -0.39 is 10.0 Å². The van der Waals surface area contributed by atoms with Crippen LogP contribution in [0, 0.1) is 0 Å². The molecule has 4 aromatic rings. The SMILES string of the molecule is O=C(CCSc1nc2ccccc2[nH]1)Nc1ccc(S(=O)(=O)Nc2ccc(Cl)nn2)cc1. The van der Waals surface area contributed by atoms with Gasteiger partial charge >= 0.3 is 0 Å². The molecular formula is C20H17ClN6O3S2. The van der Waals surface area contributed by atoms with Crippen molar-refractivity contribution in [2.24, 2.45) is 0 Å². The third kappa shape index (κ3) is 5.55. The van der Waals surface area contributed by atoms with Gasteiger partial charge in [-0.05, 0) is 48.5 Å². The quantitative estimate of drug-likeness (QED) is 0.320. The van der Waals surface area contributed by atoms with Crippen molar-refractivity contribution in [3.8, 4) is 0 Å². The van der Waals surface area contributed by atoms with E-state index in [1.165, 1.54) is 48.2 Å². The monoisotopic (exact) mass is 488 g/mol. The van der Waals surface area contributed by atoms with Gasteiger partial charge in [-0.15, -0.1) is 10.2 Å². The van der Waals surface area contributed by atoms with Crippen LogP contribution in [0.15, 0.2) is 70.7 Å². The highest BCUT2D eigenvalue weighted by Gasteiger charge is 2.15. The molecule has 12 heteroatoms. The molecule has 9 nitrogen and oxygen atoms in total. The maximum atomic E-state index is 12.4. The van der Waals surface area contributed by atoms with Gasteiger partial charge in [-0.3, -0.25) is 9.52 Å². The van der Waals surface area contributed by atoms with Crippen molar-refractivity contribution in [3.63, 3.8) is 0 Å². The van der Waals surface area contributed by atoms with Crippen molar-refractivity contribution in [3.05, 3.63) is 65.8 Å². The number of carbonyl (C=O) groups excluding carboxylic acids is 1. The van der Waals surface area contributed by atoms with E-state index in [9.17, 15) is 13.2 Å². The number of sulfonamides is 1. The Morgan fingerprint density at radius 2 is 1.81 bits per heavy atom. The van der Waals surface area contributed by atoms with Crippen molar-refractivity contribution in [1.29, 1.82) is 0 Å². The highest BCUT2D eigenvalue weighted by molar-refractivity contribution is 7.99.